The van der Waals surface area contributed by atoms with E-state index in [0.717, 1.165) is 5.92 Å². The summed E-state index contributed by atoms with van der Waals surface area (Å²) in [6.45, 7) is 4.81. The normalized spacial score (nSPS) is 16.9. The van der Waals surface area contributed by atoms with Crippen LogP contribution in [-0.2, 0) is 0 Å². The lowest BCUT2D eigenvalue weighted by molar-refractivity contribution is 0.333. The molecule has 19 heavy (non-hydrogen) atoms. The van der Waals surface area contributed by atoms with E-state index in [2.05, 4.69) is 12.2 Å². The van der Waals surface area contributed by atoms with Gasteiger partial charge >= 0.3 is 0 Å². The van der Waals surface area contributed by atoms with Crippen LogP contribution < -0.4 is 5.32 Å². The molecule has 0 unspecified atom stereocenters. The average Bonchev–Trinajstić information content (AvgIpc) is 2.46. The van der Waals surface area contributed by atoms with E-state index in [-0.39, 0.29) is 0 Å². The van der Waals surface area contributed by atoms with Gasteiger partial charge in [0.25, 0.3) is 0 Å². The minimum atomic E-state index is 1.04. The standard InChI is InChI=1S/C18H37N/c1-2-3-4-5-6-7-8-12-16-19-17-15-18-13-10-9-11-14-18/h18-19H,2-17H2,1H3. The van der Waals surface area contributed by atoms with E-state index in [4.69, 9.17) is 0 Å². The summed E-state index contributed by atoms with van der Waals surface area (Å²) in [5.41, 5.74) is 0. The van der Waals surface area contributed by atoms with Gasteiger partial charge in [-0.2, -0.15) is 0 Å². The minimum Gasteiger partial charge on any atom is -0.317 e. The van der Waals surface area contributed by atoms with Crippen LogP contribution in [0, 0.1) is 5.92 Å². The lowest BCUT2D eigenvalue weighted by atomic mass is 9.87. The fourth-order valence-corrected chi connectivity index (χ4v) is 3.29. The van der Waals surface area contributed by atoms with Gasteiger partial charge in [0.05, 0.1) is 0 Å². The van der Waals surface area contributed by atoms with E-state index in [1.54, 1.807) is 0 Å². The summed E-state index contributed by atoms with van der Waals surface area (Å²) in [5.74, 6) is 1.04. The van der Waals surface area contributed by atoms with Crippen LogP contribution in [0.5, 0.6) is 0 Å². The van der Waals surface area contributed by atoms with Gasteiger partial charge in [0.1, 0.15) is 0 Å². The quantitative estimate of drug-likeness (QED) is 0.448. The van der Waals surface area contributed by atoms with Crippen molar-refractivity contribution < 1.29 is 0 Å². The van der Waals surface area contributed by atoms with E-state index >= 15 is 0 Å². The third-order valence-electron chi connectivity index (χ3n) is 4.66. The predicted octanol–water partition coefficient (Wildman–Crippen LogP) is 5.69. The van der Waals surface area contributed by atoms with Crippen molar-refractivity contribution in [2.45, 2.75) is 96.8 Å². The van der Waals surface area contributed by atoms with E-state index in [1.165, 1.54) is 103 Å². The molecular weight excluding hydrogens is 230 g/mol. The summed E-state index contributed by atoms with van der Waals surface area (Å²) in [7, 11) is 0. The van der Waals surface area contributed by atoms with Crippen LogP contribution in [0.1, 0.15) is 96.8 Å². The van der Waals surface area contributed by atoms with E-state index in [0.29, 0.717) is 0 Å². The number of nitrogens with one attached hydrogen (secondary N) is 1. The summed E-state index contributed by atoms with van der Waals surface area (Å²) in [6, 6.07) is 0. The van der Waals surface area contributed by atoms with Crippen LogP contribution in [0.4, 0.5) is 0 Å². The second-order valence-corrected chi connectivity index (χ2v) is 6.52. The van der Waals surface area contributed by atoms with Gasteiger partial charge in [-0.05, 0) is 31.8 Å². The van der Waals surface area contributed by atoms with Gasteiger partial charge in [0.15, 0.2) is 0 Å². The van der Waals surface area contributed by atoms with Crippen molar-refractivity contribution >= 4 is 0 Å². The van der Waals surface area contributed by atoms with E-state index in [9.17, 15) is 0 Å². The lowest BCUT2D eigenvalue weighted by Gasteiger charge is -2.21. The Hall–Kier alpha value is -0.0400. The molecule has 0 amide bonds. The van der Waals surface area contributed by atoms with Crippen molar-refractivity contribution in [3.63, 3.8) is 0 Å². The Morgan fingerprint density at radius 3 is 2.05 bits per heavy atom. The summed E-state index contributed by atoms with van der Waals surface area (Å²) in [4.78, 5) is 0. The highest BCUT2D eigenvalue weighted by Gasteiger charge is 2.12. The molecule has 1 fully saturated rings. The Labute approximate surface area is 121 Å². The molecule has 0 saturated heterocycles. The van der Waals surface area contributed by atoms with Crippen molar-refractivity contribution in [3.05, 3.63) is 0 Å². The number of rotatable bonds is 12. The van der Waals surface area contributed by atoms with Gasteiger partial charge in [0, 0.05) is 0 Å². The van der Waals surface area contributed by atoms with E-state index < -0.39 is 0 Å². The third-order valence-corrected chi connectivity index (χ3v) is 4.66. The molecule has 0 bridgehead atoms. The Balaban J connectivity index is 1.71. The molecular formula is C18H37N. The van der Waals surface area contributed by atoms with Crippen molar-refractivity contribution in [3.8, 4) is 0 Å². The molecule has 0 atom stereocenters. The predicted molar refractivity (Wildman–Crippen MR) is 86.7 cm³/mol. The molecule has 1 aliphatic rings. The van der Waals surface area contributed by atoms with Gasteiger partial charge in [-0.15, -0.1) is 0 Å². The highest BCUT2D eigenvalue weighted by Crippen LogP contribution is 2.25. The molecule has 114 valence electrons. The highest BCUT2D eigenvalue weighted by molar-refractivity contribution is 4.66. The molecule has 0 aromatic rings. The maximum Gasteiger partial charge on any atom is -0.00463 e. The topological polar surface area (TPSA) is 12.0 Å². The first-order valence-corrected chi connectivity index (χ1v) is 9.14. The fourth-order valence-electron chi connectivity index (χ4n) is 3.29. The van der Waals surface area contributed by atoms with Gasteiger partial charge in [0.2, 0.25) is 0 Å². The van der Waals surface area contributed by atoms with Gasteiger partial charge in [-0.1, -0.05) is 84.0 Å². The largest absolute Gasteiger partial charge is 0.317 e. The molecule has 1 saturated carbocycles. The smallest absolute Gasteiger partial charge is 0.00463 e. The molecule has 1 N–H and O–H groups in total. The molecule has 1 heteroatoms. The molecule has 0 aliphatic heterocycles. The summed E-state index contributed by atoms with van der Waals surface area (Å²) in [6.07, 6.45) is 20.3. The van der Waals surface area contributed by atoms with Crippen LogP contribution in [0.3, 0.4) is 0 Å². The zero-order valence-electron chi connectivity index (χ0n) is 13.4. The lowest BCUT2D eigenvalue weighted by Crippen LogP contribution is -2.20. The maximum absolute atomic E-state index is 3.64. The number of hydrogen-bond acceptors (Lipinski definition) is 1. The van der Waals surface area contributed by atoms with Gasteiger partial charge in [-0.3, -0.25) is 0 Å². The summed E-state index contributed by atoms with van der Waals surface area (Å²) in [5, 5.41) is 3.64. The molecule has 0 aromatic carbocycles. The van der Waals surface area contributed by atoms with Crippen LogP contribution in [0.2, 0.25) is 0 Å². The Kier molecular flexibility index (Phi) is 11.6. The fraction of sp³-hybridized carbons (Fsp3) is 1.00. The van der Waals surface area contributed by atoms with Gasteiger partial charge < -0.3 is 5.32 Å². The third kappa shape index (κ3) is 10.4. The maximum atomic E-state index is 3.64. The summed E-state index contributed by atoms with van der Waals surface area (Å²) < 4.78 is 0. The summed E-state index contributed by atoms with van der Waals surface area (Å²) >= 11 is 0. The molecule has 1 aliphatic carbocycles. The zero-order chi connectivity index (χ0) is 13.6. The average molecular weight is 268 g/mol. The van der Waals surface area contributed by atoms with Crippen molar-refractivity contribution in [1.82, 2.24) is 5.32 Å². The molecule has 0 spiro atoms. The van der Waals surface area contributed by atoms with Gasteiger partial charge in [-0.25, -0.2) is 0 Å². The number of hydrogen-bond donors (Lipinski definition) is 1. The highest BCUT2D eigenvalue weighted by atomic mass is 14.8. The number of unbranched alkanes of at least 4 members (excludes halogenated alkanes) is 7. The first-order chi connectivity index (χ1) is 9.43. The molecule has 1 rings (SSSR count). The van der Waals surface area contributed by atoms with Crippen LogP contribution in [-0.4, -0.2) is 13.1 Å². The molecule has 0 aromatic heterocycles. The van der Waals surface area contributed by atoms with Crippen molar-refractivity contribution in [1.29, 1.82) is 0 Å². The van der Waals surface area contributed by atoms with Crippen LogP contribution >= 0.6 is 0 Å². The van der Waals surface area contributed by atoms with Crippen molar-refractivity contribution in [2.24, 2.45) is 5.92 Å². The van der Waals surface area contributed by atoms with Crippen molar-refractivity contribution in [2.75, 3.05) is 13.1 Å². The Morgan fingerprint density at radius 1 is 0.737 bits per heavy atom. The Bertz CT molecular complexity index is 173. The zero-order valence-corrected chi connectivity index (χ0v) is 13.4. The van der Waals surface area contributed by atoms with Crippen LogP contribution in [0.25, 0.3) is 0 Å². The first-order valence-electron chi connectivity index (χ1n) is 9.14. The van der Waals surface area contributed by atoms with E-state index in [1.807, 2.05) is 0 Å². The second kappa shape index (κ2) is 13.0. The SMILES string of the molecule is CCCCCCCCCCNCCC1CCCCC1. The molecule has 1 nitrogen and oxygen atoms in total. The Morgan fingerprint density at radius 2 is 1.37 bits per heavy atom. The monoisotopic (exact) mass is 267 g/mol. The molecule has 0 radical (unpaired) electrons. The molecule has 0 heterocycles. The van der Waals surface area contributed by atoms with Crippen LogP contribution in [0.15, 0.2) is 0 Å². The minimum absolute atomic E-state index is 1.04. The first kappa shape index (κ1) is 17.0. The second-order valence-electron chi connectivity index (χ2n) is 6.52.